The first-order valence-corrected chi connectivity index (χ1v) is 17.5. The summed E-state index contributed by atoms with van der Waals surface area (Å²) in [5, 5.41) is 5.85. The first kappa shape index (κ1) is 30.9. The highest BCUT2D eigenvalue weighted by Gasteiger charge is 2.40. The summed E-state index contributed by atoms with van der Waals surface area (Å²) in [4.78, 5) is 52.5. The summed E-state index contributed by atoms with van der Waals surface area (Å²) in [6.07, 6.45) is 10.7. The van der Waals surface area contributed by atoms with Gasteiger partial charge in [0.1, 0.15) is 11.9 Å². The number of nitrogens with one attached hydrogen (secondary N) is 2. The predicted octanol–water partition coefficient (Wildman–Crippen LogP) is 4.71. The average molecular weight is 652 g/mol. The van der Waals surface area contributed by atoms with Crippen molar-refractivity contribution in [3.63, 3.8) is 0 Å². The van der Waals surface area contributed by atoms with E-state index < -0.39 is 11.9 Å². The van der Waals surface area contributed by atoms with Crippen LogP contribution < -0.4 is 15.5 Å². The zero-order valence-electron chi connectivity index (χ0n) is 27.2. The molecule has 5 heterocycles. The van der Waals surface area contributed by atoms with Crippen LogP contribution in [0.15, 0.2) is 48.8 Å². The van der Waals surface area contributed by atoms with Crippen LogP contribution in [0.3, 0.4) is 0 Å². The lowest BCUT2D eigenvalue weighted by Gasteiger charge is -2.34. The van der Waals surface area contributed by atoms with E-state index >= 15 is 4.39 Å². The second-order valence-corrected chi connectivity index (χ2v) is 14.2. The Morgan fingerprint density at radius 3 is 2.27 bits per heavy atom. The second-order valence-electron chi connectivity index (χ2n) is 14.2. The van der Waals surface area contributed by atoms with Crippen molar-refractivity contribution in [2.45, 2.75) is 88.4 Å². The van der Waals surface area contributed by atoms with Crippen molar-refractivity contribution in [3.8, 4) is 0 Å². The van der Waals surface area contributed by atoms with E-state index in [1.807, 2.05) is 18.5 Å². The third kappa shape index (κ3) is 6.40. The minimum atomic E-state index is -0.698. The fourth-order valence-electron chi connectivity index (χ4n) is 7.90. The summed E-state index contributed by atoms with van der Waals surface area (Å²) in [5.74, 6) is 0.0253. The molecule has 5 aliphatic rings. The molecule has 1 saturated carbocycles. The lowest BCUT2D eigenvalue weighted by molar-refractivity contribution is -0.136. The van der Waals surface area contributed by atoms with Gasteiger partial charge >= 0.3 is 0 Å². The van der Waals surface area contributed by atoms with Gasteiger partial charge in [-0.1, -0.05) is 18.2 Å². The molecule has 0 radical (unpaired) electrons. The van der Waals surface area contributed by atoms with Gasteiger partial charge in [0, 0.05) is 62.3 Å². The molecule has 48 heavy (non-hydrogen) atoms. The first-order chi connectivity index (χ1) is 23.4. The van der Waals surface area contributed by atoms with Crippen molar-refractivity contribution >= 4 is 29.4 Å². The molecule has 3 amide bonds. The van der Waals surface area contributed by atoms with Crippen LogP contribution in [0, 0.1) is 5.82 Å². The summed E-state index contributed by atoms with van der Waals surface area (Å²) in [7, 11) is 0. The van der Waals surface area contributed by atoms with E-state index in [0.29, 0.717) is 29.5 Å². The average Bonchev–Trinajstić information content (AvgIpc) is 3.90. The molecule has 1 unspecified atom stereocenters. The third-order valence-electron chi connectivity index (χ3n) is 10.9. The third-order valence-corrected chi connectivity index (χ3v) is 10.9. The van der Waals surface area contributed by atoms with Crippen molar-refractivity contribution < 1.29 is 18.8 Å². The van der Waals surface area contributed by atoms with Gasteiger partial charge in [0.15, 0.2) is 0 Å². The number of piperidine rings is 3. The Morgan fingerprint density at radius 2 is 1.58 bits per heavy atom. The van der Waals surface area contributed by atoms with Crippen LogP contribution in [0.25, 0.3) is 0 Å². The molecule has 0 spiro atoms. The summed E-state index contributed by atoms with van der Waals surface area (Å²) >= 11 is 0. The molecule has 3 aromatic rings. The highest BCUT2D eigenvalue weighted by Crippen LogP contribution is 2.39. The molecule has 1 aromatic heterocycles. The Labute approximate surface area is 280 Å². The van der Waals surface area contributed by atoms with E-state index in [0.717, 1.165) is 69.9 Å². The number of likely N-dealkylation sites (tertiary alicyclic amines) is 1. The molecule has 1 aliphatic carbocycles. The Bertz CT molecular complexity index is 1700. The Balaban J connectivity index is 0.812. The number of benzene rings is 2. The standard InChI is InChI=1S/C37H42FN7O3/c38-32-18-31-26(22-45(36(31)48)33-7-8-34(46)42-35(33)47)17-30(32)25-9-13-43(14-10-25)21-23-1-5-29(6-2-23)44-15-11-28(12-16-44)41-37-39-19-27(20-40-37)24-3-4-24/h1-2,5-6,17-20,24-25,28,33H,3-4,7-16,21-22H2,(H,39,40,41)(H,42,46,47). The lowest BCUT2D eigenvalue weighted by atomic mass is 9.87. The van der Waals surface area contributed by atoms with Crippen LogP contribution in [-0.4, -0.2) is 75.8 Å². The molecule has 1 atom stereocenters. The Morgan fingerprint density at radius 1 is 0.854 bits per heavy atom. The van der Waals surface area contributed by atoms with Crippen LogP contribution in [0.4, 0.5) is 16.0 Å². The number of imide groups is 1. The number of aromatic nitrogens is 2. The molecule has 0 bridgehead atoms. The highest BCUT2D eigenvalue weighted by molar-refractivity contribution is 6.05. The molecule has 4 fully saturated rings. The van der Waals surface area contributed by atoms with Gasteiger partial charge < -0.3 is 15.1 Å². The molecule has 250 valence electrons. The summed E-state index contributed by atoms with van der Waals surface area (Å²) in [6, 6.07) is 11.8. The molecular weight excluding hydrogens is 609 g/mol. The zero-order chi connectivity index (χ0) is 32.8. The Hall–Kier alpha value is -4.38. The first-order valence-electron chi connectivity index (χ1n) is 17.5. The van der Waals surface area contributed by atoms with Gasteiger partial charge in [-0.25, -0.2) is 14.4 Å². The quantitative estimate of drug-likeness (QED) is 0.337. The monoisotopic (exact) mass is 651 g/mol. The maximum atomic E-state index is 15.4. The van der Waals surface area contributed by atoms with Gasteiger partial charge in [-0.2, -0.15) is 0 Å². The minimum Gasteiger partial charge on any atom is -0.371 e. The number of carbonyl (C=O) groups is 3. The van der Waals surface area contributed by atoms with E-state index in [1.165, 1.54) is 40.6 Å². The van der Waals surface area contributed by atoms with Gasteiger partial charge in [-0.05, 0) is 110 Å². The number of hydrogen-bond donors (Lipinski definition) is 2. The normalized spacial score (nSPS) is 22.6. The minimum absolute atomic E-state index is 0.0831. The van der Waals surface area contributed by atoms with E-state index in [9.17, 15) is 14.4 Å². The van der Waals surface area contributed by atoms with E-state index in [2.05, 4.69) is 54.7 Å². The Kier molecular flexibility index (Phi) is 8.32. The van der Waals surface area contributed by atoms with Gasteiger partial charge in [0.05, 0.1) is 0 Å². The molecule has 8 rings (SSSR count). The lowest BCUT2D eigenvalue weighted by Crippen LogP contribution is -2.52. The van der Waals surface area contributed by atoms with Gasteiger partial charge in [0.25, 0.3) is 5.91 Å². The maximum Gasteiger partial charge on any atom is 0.255 e. The molecule has 11 heteroatoms. The number of nitrogens with zero attached hydrogens (tertiary/aromatic N) is 5. The van der Waals surface area contributed by atoms with Crippen molar-refractivity contribution in [2.75, 3.05) is 36.4 Å². The number of carbonyl (C=O) groups excluding carboxylic acids is 3. The number of rotatable bonds is 8. The number of anilines is 2. The van der Waals surface area contributed by atoms with Crippen LogP contribution in [0.5, 0.6) is 0 Å². The fraction of sp³-hybridized carbons (Fsp3) is 0.486. The summed E-state index contributed by atoms with van der Waals surface area (Å²) in [6.45, 7) is 4.86. The summed E-state index contributed by atoms with van der Waals surface area (Å²) in [5.41, 5.74) is 5.53. The molecule has 10 nitrogen and oxygen atoms in total. The van der Waals surface area contributed by atoms with Crippen LogP contribution in [-0.2, 0) is 22.7 Å². The van der Waals surface area contributed by atoms with E-state index in [1.54, 1.807) is 0 Å². The van der Waals surface area contributed by atoms with Gasteiger partial charge in [-0.3, -0.25) is 24.6 Å². The largest absolute Gasteiger partial charge is 0.371 e. The second kappa shape index (κ2) is 12.9. The van der Waals surface area contributed by atoms with E-state index in [-0.39, 0.29) is 36.5 Å². The molecular formula is C37H42FN7O3. The van der Waals surface area contributed by atoms with Crippen LogP contribution in [0.2, 0.25) is 0 Å². The number of halogens is 1. The van der Waals surface area contributed by atoms with Gasteiger partial charge in [0.2, 0.25) is 17.8 Å². The highest BCUT2D eigenvalue weighted by atomic mass is 19.1. The van der Waals surface area contributed by atoms with Crippen molar-refractivity contribution in [3.05, 3.63) is 82.4 Å². The zero-order valence-corrected chi connectivity index (χ0v) is 27.2. The SMILES string of the molecule is O=C1CCC(N2Cc3cc(C4CCN(Cc5ccc(N6CCC(Nc7ncc(C8CC8)cn7)CC6)cc5)CC4)c(F)cc3C2=O)C(=O)N1. The van der Waals surface area contributed by atoms with Crippen molar-refractivity contribution in [1.82, 2.24) is 25.1 Å². The number of amides is 3. The maximum absolute atomic E-state index is 15.4. The summed E-state index contributed by atoms with van der Waals surface area (Å²) < 4.78 is 15.4. The molecule has 2 aromatic carbocycles. The van der Waals surface area contributed by atoms with Gasteiger partial charge in [-0.15, -0.1) is 0 Å². The van der Waals surface area contributed by atoms with Crippen molar-refractivity contribution in [1.29, 1.82) is 0 Å². The number of hydrogen-bond acceptors (Lipinski definition) is 8. The predicted molar refractivity (Wildman–Crippen MR) is 179 cm³/mol. The fourth-order valence-corrected chi connectivity index (χ4v) is 7.90. The van der Waals surface area contributed by atoms with Crippen molar-refractivity contribution in [2.24, 2.45) is 0 Å². The molecule has 2 N–H and O–H groups in total. The van der Waals surface area contributed by atoms with Crippen LogP contribution >= 0.6 is 0 Å². The van der Waals surface area contributed by atoms with Crippen LogP contribution in [0.1, 0.15) is 95.8 Å². The topological polar surface area (TPSA) is 111 Å². The molecule has 3 saturated heterocycles. The van der Waals surface area contributed by atoms with E-state index in [4.69, 9.17) is 0 Å². The number of fused-ring (bicyclic) bond motifs is 1. The smallest absolute Gasteiger partial charge is 0.255 e. The molecule has 4 aliphatic heterocycles.